The minimum absolute atomic E-state index is 0.227. The van der Waals surface area contributed by atoms with Crippen LogP contribution >= 0.6 is 11.8 Å². The second kappa shape index (κ2) is 6.53. The van der Waals surface area contributed by atoms with Crippen LogP contribution in [-0.4, -0.2) is 31.3 Å². The van der Waals surface area contributed by atoms with Crippen LogP contribution in [0.4, 0.5) is 8.78 Å². The molecule has 4 aromatic rings. The van der Waals surface area contributed by atoms with Gasteiger partial charge in [0.15, 0.2) is 5.16 Å². The Morgan fingerprint density at radius 2 is 1.81 bits per heavy atom. The highest BCUT2D eigenvalue weighted by atomic mass is 32.2. The molecule has 0 amide bonds. The minimum atomic E-state index is -2.46. The van der Waals surface area contributed by atoms with Crippen LogP contribution in [0, 0.1) is 6.92 Å². The predicted octanol–water partition coefficient (Wildman–Crippen LogP) is 3.70. The van der Waals surface area contributed by atoms with E-state index in [1.807, 2.05) is 31.2 Å². The van der Waals surface area contributed by atoms with Crippen molar-refractivity contribution < 1.29 is 8.78 Å². The van der Waals surface area contributed by atoms with Crippen LogP contribution in [0.2, 0.25) is 0 Å². The van der Waals surface area contributed by atoms with Gasteiger partial charge in [0, 0.05) is 0 Å². The second-order valence-electron chi connectivity index (χ2n) is 5.81. The molecule has 132 valence electrons. The average molecular weight is 372 g/mol. The summed E-state index contributed by atoms with van der Waals surface area (Å²) in [7, 11) is 0. The third-order valence-electron chi connectivity index (χ3n) is 4.03. The topological polar surface area (TPSA) is 52.2 Å². The maximum absolute atomic E-state index is 13.1. The number of rotatable bonds is 4. The summed E-state index contributed by atoms with van der Waals surface area (Å²) in [5.41, 5.74) is 2.08. The lowest BCUT2D eigenvalue weighted by Gasteiger charge is -2.11. The fourth-order valence-electron chi connectivity index (χ4n) is 2.84. The fraction of sp³-hybridized carbons (Fsp3) is 0.167. The standard InChI is InChI=1S/C18H14F2N4OS/c1-11-6-8-12(9-7-11)23-16(25)13-4-2-3-5-14(13)24-17(23)21-22-18(24)26-10-15(19)20/h2-9,15H,10H2,1H3. The van der Waals surface area contributed by atoms with Crippen molar-refractivity contribution >= 4 is 28.4 Å². The van der Waals surface area contributed by atoms with Gasteiger partial charge in [-0.1, -0.05) is 41.6 Å². The molecule has 0 atom stereocenters. The Morgan fingerprint density at radius 3 is 2.54 bits per heavy atom. The summed E-state index contributed by atoms with van der Waals surface area (Å²) in [4.78, 5) is 13.1. The number of benzene rings is 2. The van der Waals surface area contributed by atoms with Gasteiger partial charge in [0.2, 0.25) is 12.2 Å². The molecular formula is C18H14F2N4OS. The molecule has 0 N–H and O–H groups in total. The Hall–Kier alpha value is -2.74. The second-order valence-corrected chi connectivity index (χ2v) is 6.80. The van der Waals surface area contributed by atoms with E-state index in [9.17, 15) is 13.6 Å². The third kappa shape index (κ3) is 2.76. The average Bonchev–Trinajstić information content (AvgIpc) is 3.05. The molecule has 8 heteroatoms. The number of aryl methyl sites for hydroxylation is 1. The van der Waals surface area contributed by atoms with Crippen LogP contribution in [0.15, 0.2) is 58.5 Å². The zero-order valence-electron chi connectivity index (χ0n) is 13.8. The van der Waals surface area contributed by atoms with Gasteiger partial charge in [-0.05, 0) is 31.2 Å². The summed E-state index contributed by atoms with van der Waals surface area (Å²) in [5, 5.41) is 8.96. The largest absolute Gasteiger partial charge is 0.268 e. The van der Waals surface area contributed by atoms with E-state index in [-0.39, 0.29) is 5.56 Å². The Bertz CT molecular complexity index is 1150. The SMILES string of the molecule is Cc1ccc(-n2c(=O)c3ccccc3n3c(SCC(F)F)nnc23)cc1. The van der Waals surface area contributed by atoms with Crippen LogP contribution < -0.4 is 5.56 Å². The van der Waals surface area contributed by atoms with Gasteiger partial charge < -0.3 is 0 Å². The number of para-hydroxylation sites is 1. The first-order chi connectivity index (χ1) is 12.6. The summed E-state index contributed by atoms with van der Waals surface area (Å²) >= 11 is 0.916. The van der Waals surface area contributed by atoms with Crippen LogP contribution in [0.1, 0.15) is 5.56 Å². The van der Waals surface area contributed by atoms with Crippen molar-refractivity contribution in [3.05, 3.63) is 64.4 Å². The molecule has 0 aliphatic heterocycles. The molecule has 0 fully saturated rings. The summed E-state index contributed by atoms with van der Waals surface area (Å²) in [6.45, 7) is 1.96. The number of hydrogen-bond donors (Lipinski definition) is 0. The first-order valence-electron chi connectivity index (χ1n) is 7.93. The van der Waals surface area contributed by atoms with Crippen molar-refractivity contribution in [1.29, 1.82) is 0 Å². The number of alkyl halides is 2. The smallest absolute Gasteiger partial charge is 0.267 e. The lowest BCUT2D eigenvalue weighted by Crippen LogP contribution is -2.21. The van der Waals surface area contributed by atoms with Gasteiger partial charge >= 0.3 is 0 Å². The lowest BCUT2D eigenvalue weighted by molar-refractivity contribution is 0.176. The molecule has 0 unspecified atom stereocenters. The van der Waals surface area contributed by atoms with E-state index in [0.29, 0.717) is 27.5 Å². The molecule has 0 saturated heterocycles. The molecule has 0 bridgehead atoms. The highest BCUT2D eigenvalue weighted by molar-refractivity contribution is 7.99. The summed E-state index contributed by atoms with van der Waals surface area (Å²) in [6.07, 6.45) is -2.46. The number of fused-ring (bicyclic) bond motifs is 3. The molecule has 0 saturated carbocycles. The van der Waals surface area contributed by atoms with Gasteiger partial charge in [0.05, 0.1) is 22.3 Å². The Balaban J connectivity index is 2.06. The van der Waals surface area contributed by atoms with Crippen molar-refractivity contribution in [2.75, 3.05) is 5.75 Å². The van der Waals surface area contributed by atoms with E-state index < -0.39 is 12.2 Å². The van der Waals surface area contributed by atoms with Gasteiger partial charge in [-0.3, -0.25) is 9.20 Å². The molecule has 0 aliphatic carbocycles. The summed E-state index contributed by atoms with van der Waals surface area (Å²) in [6, 6.07) is 14.5. The predicted molar refractivity (Wildman–Crippen MR) is 97.6 cm³/mol. The lowest BCUT2D eigenvalue weighted by atomic mass is 10.2. The quantitative estimate of drug-likeness (QED) is 0.513. The van der Waals surface area contributed by atoms with E-state index in [1.54, 1.807) is 28.7 Å². The van der Waals surface area contributed by atoms with Gasteiger partial charge in [0.25, 0.3) is 5.56 Å². The molecule has 0 aliphatic rings. The molecule has 26 heavy (non-hydrogen) atoms. The van der Waals surface area contributed by atoms with Crippen molar-refractivity contribution in [1.82, 2.24) is 19.2 Å². The first kappa shape index (κ1) is 16.7. The molecule has 2 aromatic carbocycles. The molecule has 0 radical (unpaired) electrons. The van der Waals surface area contributed by atoms with Gasteiger partial charge in [0.1, 0.15) is 0 Å². The normalized spacial score (nSPS) is 11.7. The summed E-state index contributed by atoms with van der Waals surface area (Å²) in [5.74, 6) is -0.0898. The van der Waals surface area contributed by atoms with Crippen molar-refractivity contribution in [2.45, 2.75) is 18.5 Å². The van der Waals surface area contributed by atoms with Gasteiger partial charge in [-0.2, -0.15) is 0 Å². The zero-order valence-corrected chi connectivity index (χ0v) is 14.6. The molecule has 2 aromatic heterocycles. The molecular weight excluding hydrogens is 358 g/mol. The van der Waals surface area contributed by atoms with Crippen LogP contribution in [0.5, 0.6) is 0 Å². The maximum atomic E-state index is 13.1. The number of halogens is 2. The fourth-order valence-corrected chi connectivity index (χ4v) is 3.52. The Morgan fingerprint density at radius 1 is 1.08 bits per heavy atom. The van der Waals surface area contributed by atoms with E-state index in [4.69, 9.17) is 0 Å². The monoisotopic (exact) mass is 372 g/mol. The van der Waals surface area contributed by atoms with Crippen molar-refractivity contribution in [3.8, 4) is 5.69 Å². The van der Waals surface area contributed by atoms with E-state index in [2.05, 4.69) is 10.2 Å². The van der Waals surface area contributed by atoms with Crippen molar-refractivity contribution in [2.24, 2.45) is 0 Å². The molecule has 4 rings (SSSR count). The van der Waals surface area contributed by atoms with Crippen LogP contribution in [0.3, 0.4) is 0 Å². The van der Waals surface area contributed by atoms with E-state index >= 15 is 0 Å². The van der Waals surface area contributed by atoms with Crippen LogP contribution in [0.25, 0.3) is 22.4 Å². The maximum Gasteiger partial charge on any atom is 0.267 e. The minimum Gasteiger partial charge on any atom is -0.268 e. The highest BCUT2D eigenvalue weighted by Crippen LogP contribution is 2.24. The van der Waals surface area contributed by atoms with Gasteiger partial charge in [-0.25, -0.2) is 13.3 Å². The summed E-state index contributed by atoms with van der Waals surface area (Å²) < 4.78 is 28.4. The first-order valence-corrected chi connectivity index (χ1v) is 8.91. The number of nitrogens with zero attached hydrogens (tertiary/aromatic N) is 4. The molecule has 0 spiro atoms. The third-order valence-corrected chi connectivity index (χ3v) is 4.97. The van der Waals surface area contributed by atoms with Crippen LogP contribution in [-0.2, 0) is 0 Å². The molecule has 2 heterocycles. The number of thioether (sulfide) groups is 1. The highest BCUT2D eigenvalue weighted by Gasteiger charge is 2.18. The number of aromatic nitrogens is 4. The Labute approximate surface area is 151 Å². The zero-order chi connectivity index (χ0) is 18.3. The molecule has 5 nitrogen and oxygen atoms in total. The van der Waals surface area contributed by atoms with Gasteiger partial charge in [-0.15, -0.1) is 10.2 Å². The van der Waals surface area contributed by atoms with Crippen molar-refractivity contribution in [3.63, 3.8) is 0 Å². The Kier molecular flexibility index (Phi) is 4.20. The van der Waals surface area contributed by atoms with E-state index in [0.717, 1.165) is 17.3 Å². The van der Waals surface area contributed by atoms with E-state index in [1.165, 1.54) is 4.57 Å². The number of hydrogen-bond acceptors (Lipinski definition) is 4.